The van der Waals surface area contributed by atoms with E-state index in [1.165, 1.54) is 13.0 Å². The second-order valence-electron chi connectivity index (χ2n) is 7.20. The number of benzene rings is 2. The number of anilines is 1. The number of nitrogens with one attached hydrogen (secondary N) is 1. The summed E-state index contributed by atoms with van der Waals surface area (Å²) in [4.78, 5) is 0. The van der Waals surface area contributed by atoms with Crippen LogP contribution in [0, 0.1) is 13.8 Å². The molecule has 2 aromatic heterocycles. The summed E-state index contributed by atoms with van der Waals surface area (Å²) < 4.78 is 41.6. The first kappa shape index (κ1) is 19.9. The van der Waals surface area contributed by atoms with Crippen LogP contribution in [0.4, 0.5) is 19.0 Å². The molecule has 8 heteroatoms. The quantitative estimate of drug-likeness (QED) is 0.473. The summed E-state index contributed by atoms with van der Waals surface area (Å²) in [6.45, 7) is 5.17. The van der Waals surface area contributed by atoms with Gasteiger partial charge in [0, 0.05) is 23.2 Å². The summed E-state index contributed by atoms with van der Waals surface area (Å²) in [5.41, 5.74) is 1.75. The molecule has 0 aliphatic carbocycles. The first-order valence-corrected chi connectivity index (χ1v) is 9.46. The van der Waals surface area contributed by atoms with E-state index >= 15 is 0 Å². The Morgan fingerprint density at radius 3 is 2.50 bits per heavy atom. The van der Waals surface area contributed by atoms with Crippen molar-refractivity contribution in [2.75, 3.05) is 5.32 Å². The van der Waals surface area contributed by atoms with Crippen molar-refractivity contribution in [3.05, 3.63) is 77.2 Å². The summed E-state index contributed by atoms with van der Waals surface area (Å²) in [6, 6.07) is 11.5. The molecule has 1 N–H and O–H groups in total. The number of hydrogen-bond donors (Lipinski definition) is 1. The van der Waals surface area contributed by atoms with E-state index in [0.29, 0.717) is 11.4 Å². The maximum absolute atomic E-state index is 13.3. The van der Waals surface area contributed by atoms with Gasteiger partial charge in [-0.1, -0.05) is 18.2 Å². The van der Waals surface area contributed by atoms with Gasteiger partial charge >= 0.3 is 6.18 Å². The van der Waals surface area contributed by atoms with Gasteiger partial charge in [0.15, 0.2) is 5.82 Å². The maximum atomic E-state index is 13.3. The maximum Gasteiger partial charge on any atom is 0.416 e. The molecule has 4 aromatic rings. The van der Waals surface area contributed by atoms with E-state index in [0.717, 1.165) is 28.2 Å². The fourth-order valence-electron chi connectivity index (χ4n) is 3.66. The lowest BCUT2D eigenvalue weighted by Gasteiger charge is -2.21. The molecule has 0 radical (unpaired) electrons. The second-order valence-corrected chi connectivity index (χ2v) is 7.20. The van der Waals surface area contributed by atoms with E-state index < -0.39 is 17.8 Å². The van der Waals surface area contributed by atoms with Crippen molar-refractivity contribution in [2.24, 2.45) is 0 Å². The average Bonchev–Trinajstić information content (AvgIpc) is 3.24. The Kier molecular flexibility index (Phi) is 4.93. The van der Waals surface area contributed by atoms with Crippen LogP contribution in [0.3, 0.4) is 0 Å². The van der Waals surface area contributed by atoms with Crippen molar-refractivity contribution in [2.45, 2.75) is 33.0 Å². The highest BCUT2D eigenvalue weighted by Crippen LogP contribution is 2.35. The average molecular weight is 411 g/mol. The van der Waals surface area contributed by atoms with Gasteiger partial charge in [-0.15, -0.1) is 5.10 Å². The summed E-state index contributed by atoms with van der Waals surface area (Å²) >= 11 is 0. The van der Waals surface area contributed by atoms with E-state index in [1.807, 2.05) is 44.3 Å². The Hall–Kier alpha value is -3.42. The summed E-state index contributed by atoms with van der Waals surface area (Å²) in [5.74, 6) is 0.508. The van der Waals surface area contributed by atoms with Crippen LogP contribution in [0.2, 0.25) is 0 Å². The van der Waals surface area contributed by atoms with Gasteiger partial charge in [0.25, 0.3) is 0 Å². The monoisotopic (exact) mass is 411 g/mol. The molecule has 0 unspecified atom stereocenters. The third kappa shape index (κ3) is 3.60. The molecule has 0 fully saturated rings. The van der Waals surface area contributed by atoms with Gasteiger partial charge in [-0.25, -0.2) is 4.68 Å². The zero-order valence-electron chi connectivity index (χ0n) is 16.7. The lowest BCUT2D eigenvalue weighted by Crippen LogP contribution is -2.14. The molecule has 1 atom stereocenters. The lowest BCUT2D eigenvalue weighted by molar-refractivity contribution is -0.138. The molecule has 0 saturated heterocycles. The first-order valence-electron chi connectivity index (χ1n) is 9.46. The van der Waals surface area contributed by atoms with Gasteiger partial charge in [0.05, 0.1) is 23.0 Å². The minimum Gasteiger partial charge on any atom is -0.362 e. The predicted molar refractivity (Wildman–Crippen MR) is 110 cm³/mol. The Balaban J connectivity index is 1.75. The van der Waals surface area contributed by atoms with E-state index in [-0.39, 0.29) is 5.56 Å². The molecule has 0 aliphatic rings. The highest BCUT2D eigenvalue weighted by molar-refractivity contribution is 5.94. The number of fused-ring (bicyclic) bond motifs is 1. The molecule has 0 spiro atoms. The van der Waals surface area contributed by atoms with Gasteiger partial charge < -0.3 is 5.32 Å². The molecule has 30 heavy (non-hydrogen) atoms. The van der Waals surface area contributed by atoms with Crippen molar-refractivity contribution in [1.29, 1.82) is 0 Å². The fraction of sp³-hybridized carbons (Fsp3) is 0.227. The minimum absolute atomic E-state index is 0.201. The topological polar surface area (TPSA) is 55.6 Å². The molecule has 4 rings (SSSR count). The van der Waals surface area contributed by atoms with E-state index in [9.17, 15) is 13.2 Å². The van der Waals surface area contributed by atoms with E-state index in [2.05, 4.69) is 20.6 Å². The minimum atomic E-state index is -4.39. The van der Waals surface area contributed by atoms with Crippen molar-refractivity contribution < 1.29 is 13.2 Å². The van der Waals surface area contributed by atoms with Crippen LogP contribution >= 0.6 is 0 Å². The molecule has 154 valence electrons. The number of alkyl halides is 3. The summed E-state index contributed by atoms with van der Waals surface area (Å²) in [7, 11) is 0. The highest BCUT2D eigenvalue weighted by Gasteiger charge is 2.33. The standard InChI is InChI=1S/C22H20F3N5/c1-13-17(6-4-7-20(13)22(23,24)25)14(2)27-21-19-12-16(30-11-5-10-26-30)8-9-18(19)15(3)28-29-21/h4-12,14H,1-3H3,(H,27,29)/t14-/m1/s1. The van der Waals surface area contributed by atoms with Crippen LogP contribution < -0.4 is 5.32 Å². The van der Waals surface area contributed by atoms with Gasteiger partial charge in [0.2, 0.25) is 0 Å². The third-order valence-corrected chi connectivity index (χ3v) is 5.22. The van der Waals surface area contributed by atoms with Gasteiger partial charge in [-0.05, 0) is 56.2 Å². The normalized spacial score (nSPS) is 12.9. The van der Waals surface area contributed by atoms with Crippen molar-refractivity contribution in [3.63, 3.8) is 0 Å². The smallest absolute Gasteiger partial charge is 0.362 e. The van der Waals surface area contributed by atoms with Crippen molar-refractivity contribution in [1.82, 2.24) is 20.0 Å². The Morgan fingerprint density at radius 2 is 1.80 bits per heavy atom. The number of aromatic nitrogens is 4. The molecule has 0 bridgehead atoms. The van der Waals surface area contributed by atoms with E-state index in [1.54, 1.807) is 16.9 Å². The van der Waals surface area contributed by atoms with E-state index in [4.69, 9.17) is 0 Å². The number of hydrogen-bond acceptors (Lipinski definition) is 4. The lowest BCUT2D eigenvalue weighted by atomic mass is 9.97. The van der Waals surface area contributed by atoms with Crippen LogP contribution in [-0.4, -0.2) is 20.0 Å². The fourth-order valence-corrected chi connectivity index (χ4v) is 3.66. The molecule has 5 nitrogen and oxygen atoms in total. The van der Waals surface area contributed by atoms with Crippen LogP contribution in [0.15, 0.2) is 54.9 Å². The van der Waals surface area contributed by atoms with Crippen molar-refractivity contribution in [3.8, 4) is 5.69 Å². The largest absolute Gasteiger partial charge is 0.416 e. The predicted octanol–water partition coefficient (Wildman–Crippen LogP) is 5.62. The first-order chi connectivity index (χ1) is 14.3. The molecule has 2 heterocycles. The molecule has 0 aliphatic heterocycles. The number of rotatable bonds is 4. The SMILES string of the molecule is Cc1c([C@@H](C)Nc2nnc(C)c3ccc(-n4cccn4)cc23)cccc1C(F)(F)F. The molecular formula is C22H20F3N5. The zero-order chi connectivity index (χ0) is 21.5. The van der Waals surface area contributed by atoms with Crippen LogP contribution in [0.1, 0.15) is 35.3 Å². The van der Waals surface area contributed by atoms with Crippen LogP contribution in [0.5, 0.6) is 0 Å². The summed E-state index contributed by atoms with van der Waals surface area (Å²) in [5, 5.41) is 17.7. The van der Waals surface area contributed by atoms with Gasteiger partial charge in [-0.2, -0.15) is 23.4 Å². The molecule has 0 amide bonds. The summed E-state index contributed by atoms with van der Waals surface area (Å²) in [6.07, 6.45) is -0.864. The van der Waals surface area contributed by atoms with Gasteiger partial charge in [-0.3, -0.25) is 0 Å². The number of nitrogens with zero attached hydrogens (tertiary/aromatic N) is 4. The Labute approximate surface area is 171 Å². The zero-order valence-corrected chi connectivity index (χ0v) is 16.7. The number of aryl methyl sites for hydroxylation is 1. The molecular weight excluding hydrogens is 391 g/mol. The van der Waals surface area contributed by atoms with Crippen molar-refractivity contribution >= 4 is 16.6 Å². The highest BCUT2D eigenvalue weighted by atomic mass is 19.4. The molecule has 2 aromatic carbocycles. The van der Waals surface area contributed by atoms with Crippen LogP contribution in [0.25, 0.3) is 16.5 Å². The van der Waals surface area contributed by atoms with Gasteiger partial charge in [0.1, 0.15) is 0 Å². The number of halogens is 3. The molecule has 0 saturated carbocycles. The van der Waals surface area contributed by atoms with Crippen LogP contribution in [-0.2, 0) is 6.18 Å². The Morgan fingerprint density at radius 1 is 1.00 bits per heavy atom. The third-order valence-electron chi connectivity index (χ3n) is 5.22. The Bertz CT molecular complexity index is 1200. The second kappa shape index (κ2) is 7.44.